The summed E-state index contributed by atoms with van der Waals surface area (Å²) in [6, 6.07) is 11.2. The molecule has 5 rings (SSSR count). The smallest absolute Gasteiger partial charge is 0.329 e. The molecule has 2 aliphatic heterocycles. The van der Waals surface area contributed by atoms with Gasteiger partial charge in [0.1, 0.15) is 12.3 Å². The van der Waals surface area contributed by atoms with Gasteiger partial charge >= 0.3 is 7.41 Å². The van der Waals surface area contributed by atoms with Crippen LogP contribution in [0.25, 0.3) is 11.3 Å². The third kappa shape index (κ3) is 6.68. The monoisotopic (exact) mass is 654 g/mol. The Morgan fingerprint density at radius 3 is 2.68 bits per heavy atom. The number of aromatic nitrogens is 2. The van der Waals surface area contributed by atoms with Gasteiger partial charge < -0.3 is 29.1 Å². The molecule has 13 heteroatoms. The van der Waals surface area contributed by atoms with Gasteiger partial charge in [0.2, 0.25) is 11.9 Å². The van der Waals surface area contributed by atoms with Crippen LogP contribution in [0.4, 0.5) is 27.4 Å². The van der Waals surface area contributed by atoms with E-state index in [1.807, 2.05) is 25.0 Å². The predicted octanol–water partition coefficient (Wildman–Crippen LogP) is 5.26. The molecular weight excluding hydrogens is 612 g/mol. The second-order valence-corrected chi connectivity index (χ2v) is 19.2. The summed E-state index contributed by atoms with van der Waals surface area (Å²) in [7, 11) is 3.02. The van der Waals surface area contributed by atoms with Crippen LogP contribution in [0.15, 0.2) is 36.5 Å². The fraction of sp³-hybridized carbons (Fsp3) is 0.441. The number of nitriles is 1. The minimum absolute atomic E-state index is 0.0185. The van der Waals surface area contributed by atoms with Gasteiger partial charge in [-0.25, -0.2) is 14.4 Å². The number of likely N-dealkylation sites (N-methyl/N-ethyl adjacent to an activating group) is 1. The second-order valence-electron chi connectivity index (χ2n) is 14.4. The molecular formula is C34H42BFN7O3Si. The molecule has 10 nitrogen and oxygen atoms in total. The number of carbonyl (C=O) groups is 2. The van der Waals surface area contributed by atoms with Gasteiger partial charge in [0.05, 0.1) is 23.5 Å². The number of anilines is 4. The summed E-state index contributed by atoms with van der Waals surface area (Å²) < 4.78 is 22.4. The van der Waals surface area contributed by atoms with Crippen LogP contribution in [0.1, 0.15) is 44.4 Å². The quantitative estimate of drug-likeness (QED) is 0.231. The first-order valence-corrected chi connectivity index (χ1v) is 18.6. The topological polar surface area (TPSA) is 115 Å². The third-order valence-corrected chi connectivity index (χ3v) is 14.0. The molecule has 3 aromatic rings. The van der Waals surface area contributed by atoms with Crippen molar-refractivity contribution in [1.82, 2.24) is 14.9 Å². The van der Waals surface area contributed by atoms with Crippen molar-refractivity contribution in [2.24, 2.45) is 0 Å². The predicted molar refractivity (Wildman–Crippen MR) is 187 cm³/mol. The van der Waals surface area contributed by atoms with Gasteiger partial charge in [-0.3, -0.25) is 4.79 Å². The Balaban J connectivity index is 1.47. The Bertz CT molecular complexity index is 1760. The molecule has 1 radical (unpaired) electrons. The van der Waals surface area contributed by atoms with Crippen molar-refractivity contribution < 1.29 is 18.4 Å². The maximum absolute atomic E-state index is 15.7. The number of benzene rings is 2. The number of fused-ring (bicyclic) bond motifs is 2. The number of rotatable bonds is 10. The Kier molecular flexibility index (Phi) is 9.34. The van der Waals surface area contributed by atoms with Crippen molar-refractivity contribution in [2.75, 3.05) is 55.4 Å². The minimum Gasteiger partial charge on any atom is -0.416 e. The number of nitrogens with zero attached hydrogens (tertiary/aromatic N) is 6. The SMILES string of the molecule is CN(C)CC(=O)N1CCc2c1ccc(Nc1nccc(-c3cc(C#N)c4c(c3)C(C)(CO[Si](C)(C)C(C)(C)C)CN4[B]C=O)n1)c2F. The van der Waals surface area contributed by atoms with E-state index >= 15 is 4.39 Å². The van der Waals surface area contributed by atoms with Gasteiger partial charge in [0, 0.05) is 53.8 Å². The van der Waals surface area contributed by atoms with Crippen LogP contribution in [0.2, 0.25) is 18.1 Å². The van der Waals surface area contributed by atoms with Gasteiger partial charge in [-0.05, 0) is 74.5 Å². The normalized spacial score (nSPS) is 17.4. The largest absolute Gasteiger partial charge is 0.416 e. The van der Waals surface area contributed by atoms with Crippen molar-refractivity contribution in [2.45, 2.75) is 57.7 Å². The van der Waals surface area contributed by atoms with E-state index in [9.17, 15) is 14.9 Å². The van der Waals surface area contributed by atoms with Gasteiger partial charge in [0.15, 0.2) is 14.1 Å². The summed E-state index contributed by atoms with van der Waals surface area (Å²) in [5, 5.41) is 13.3. The second kappa shape index (κ2) is 12.8. The van der Waals surface area contributed by atoms with E-state index in [0.717, 1.165) is 11.7 Å². The van der Waals surface area contributed by atoms with Crippen LogP contribution in [-0.2, 0) is 25.9 Å². The van der Waals surface area contributed by atoms with Gasteiger partial charge in [-0.1, -0.05) is 27.7 Å². The van der Waals surface area contributed by atoms with Gasteiger partial charge in [0.25, 0.3) is 0 Å². The zero-order valence-corrected chi connectivity index (χ0v) is 29.4. The highest BCUT2D eigenvalue weighted by Crippen LogP contribution is 2.46. The summed E-state index contributed by atoms with van der Waals surface area (Å²) in [6.07, 6.45) is 2.74. The molecule has 245 valence electrons. The molecule has 1 atom stereocenters. The first-order valence-electron chi connectivity index (χ1n) is 15.7. The highest BCUT2D eigenvalue weighted by molar-refractivity contribution is 6.74. The van der Waals surface area contributed by atoms with E-state index in [2.05, 4.69) is 57.2 Å². The highest BCUT2D eigenvalue weighted by atomic mass is 28.4. The van der Waals surface area contributed by atoms with Crippen LogP contribution in [0.5, 0.6) is 0 Å². The van der Waals surface area contributed by atoms with Gasteiger partial charge in [-0.15, -0.1) is 0 Å². The molecule has 1 amide bonds. The van der Waals surface area contributed by atoms with Gasteiger partial charge in [-0.2, -0.15) is 5.26 Å². The van der Waals surface area contributed by atoms with Crippen molar-refractivity contribution in [3.05, 3.63) is 59.0 Å². The van der Waals surface area contributed by atoms with Crippen LogP contribution in [0, 0.1) is 17.1 Å². The number of amides is 1. The molecule has 2 aromatic carbocycles. The Hall–Kier alpha value is -4.12. The average molecular weight is 655 g/mol. The first kappa shape index (κ1) is 34.2. The molecule has 1 N–H and O–H groups in total. The summed E-state index contributed by atoms with van der Waals surface area (Å²) in [6.45, 7) is 14.7. The number of halogens is 1. The van der Waals surface area contributed by atoms with Crippen molar-refractivity contribution in [1.29, 1.82) is 5.26 Å². The van der Waals surface area contributed by atoms with E-state index in [-0.39, 0.29) is 29.1 Å². The lowest BCUT2D eigenvalue weighted by molar-refractivity contribution is -0.119. The standard InChI is InChI=1S/C34H42BFN7O3Si/c1-33(2,3)47(7,8)46-20-34(4)19-43(35-21-44)31-23(17-37)15-22(16-25(31)34)26-11-13-38-32(39-26)40-27-9-10-28-24(30(27)36)12-14-42(28)29(45)18-41(5)6/h9-11,13,15-16,21H,12,14,18-20H2,1-8H3,(H,38,39,40). The zero-order valence-electron chi connectivity index (χ0n) is 28.4. The highest BCUT2D eigenvalue weighted by Gasteiger charge is 2.44. The lowest BCUT2D eigenvalue weighted by Crippen LogP contribution is -2.46. The Morgan fingerprint density at radius 1 is 1.28 bits per heavy atom. The summed E-state index contributed by atoms with van der Waals surface area (Å²) in [4.78, 5) is 38.6. The molecule has 0 fully saturated rings. The number of carbonyl (C=O) groups excluding carboxylic acids is 2. The van der Waals surface area contributed by atoms with E-state index in [4.69, 9.17) is 9.41 Å². The van der Waals surface area contributed by atoms with Crippen LogP contribution in [-0.4, -0.2) is 83.0 Å². The molecule has 0 bridgehead atoms. The van der Waals surface area contributed by atoms with Crippen molar-refractivity contribution >= 4 is 50.8 Å². The molecule has 0 aliphatic carbocycles. The third-order valence-electron chi connectivity index (χ3n) is 9.53. The molecule has 0 saturated carbocycles. The molecule has 1 unspecified atom stereocenters. The van der Waals surface area contributed by atoms with E-state index in [1.165, 1.54) is 7.41 Å². The molecule has 2 aliphatic rings. The fourth-order valence-corrected chi connectivity index (χ4v) is 7.03. The number of hydrogen-bond donors (Lipinski definition) is 1. The van der Waals surface area contributed by atoms with E-state index < -0.39 is 19.5 Å². The lowest BCUT2D eigenvalue weighted by atomic mass is 9.83. The van der Waals surface area contributed by atoms with Crippen molar-refractivity contribution in [3.63, 3.8) is 0 Å². The first-order chi connectivity index (χ1) is 22.1. The summed E-state index contributed by atoms with van der Waals surface area (Å²) in [5.74, 6) is -0.324. The summed E-state index contributed by atoms with van der Waals surface area (Å²) >= 11 is 0. The Labute approximate surface area is 278 Å². The van der Waals surface area contributed by atoms with Crippen molar-refractivity contribution in [3.8, 4) is 17.3 Å². The molecule has 0 spiro atoms. The molecule has 47 heavy (non-hydrogen) atoms. The number of nitrogens with one attached hydrogen (secondary N) is 1. The summed E-state index contributed by atoms with van der Waals surface area (Å²) in [5.41, 5.74) is 4.02. The van der Waals surface area contributed by atoms with E-state index in [0.29, 0.717) is 59.9 Å². The van der Waals surface area contributed by atoms with E-state index in [1.54, 1.807) is 40.3 Å². The minimum atomic E-state index is -2.10. The lowest BCUT2D eigenvalue weighted by Gasteiger charge is -2.39. The number of hydrogen-bond acceptors (Lipinski definition) is 9. The average Bonchev–Trinajstić information content (AvgIpc) is 3.56. The van der Waals surface area contributed by atoms with Crippen LogP contribution >= 0.6 is 0 Å². The zero-order chi connectivity index (χ0) is 34.3. The van der Waals surface area contributed by atoms with Crippen LogP contribution in [0.3, 0.4) is 0 Å². The fourth-order valence-electron chi connectivity index (χ4n) is 5.91. The van der Waals surface area contributed by atoms with Crippen LogP contribution < -0.4 is 15.0 Å². The molecule has 1 aromatic heterocycles. The maximum Gasteiger partial charge on any atom is 0.329 e. The Morgan fingerprint density at radius 2 is 2.02 bits per heavy atom. The molecule has 3 heterocycles. The molecule has 0 saturated heterocycles. The maximum atomic E-state index is 15.7.